The van der Waals surface area contributed by atoms with Gasteiger partial charge in [0.05, 0.1) is 18.1 Å². The van der Waals surface area contributed by atoms with Crippen LogP contribution in [0, 0.1) is 10.1 Å². The summed E-state index contributed by atoms with van der Waals surface area (Å²) in [5.41, 5.74) is 0.389. The number of hydrogen-bond acceptors (Lipinski definition) is 6. The highest BCUT2D eigenvalue weighted by Crippen LogP contribution is 2.28. The third-order valence-corrected chi connectivity index (χ3v) is 3.04. The monoisotopic (exact) mass is 338 g/mol. The van der Waals surface area contributed by atoms with E-state index in [0.29, 0.717) is 12.2 Å². The first-order chi connectivity index (χ1) is 11.5. The molecule has 0 unspecified atom stereocenters. The van der Waals surface area contributed by atoms with Crippen LogP contribution in [0.2, 0.25) is 0 Å². The molecule has 24 heavy (non-hydrogen) atoms. The topological polar surface area (TPSA) is 99.9 Å². The van der Waals surface area contributed by atoms with Crippen LogP contribution in [0.25, 0.3) is 6.08 Å². The zero-order chi connectivity index (χ0) is 17.9. The molecule has 1 N–H and O–H groups in total. The van der Waals surface area contributed by atoms with E-state index in [0.717, 1.165) is 6.42 Å². The van der Waals surface area contributed by atoms with Crippen molar-refractivity contribution in [3.05, 3.63) is 40.0 Å². The Labute approximate surface area is 140 Å². The van der Waals surface area contributed by atoms with Crippen LogP contribution in [0.4, 0.5) is 5.69 Å². The Kier molecular flexibility index (Phi) is 8.45. The molecule has 0 aromatic heterocycles. The second-order valence-corrected chi connectivity index (χ2v) is 4.81. The smallest absolute Gasteiger partial charge is 0.311 e. The van der Waals surface area contributed by atoms with Crippen molar-refractivity contribution < 1.29 is 23.9 Å². The molecule has 1 aromatic carbocycles. The Hall–Kier alpha value is -2.45. The van der Waals surface area contributed by atoms with Gasteiger partial charge < -0.3 is 19.5 Å². The van der Waals surface area contributed by atoms with E-state index >= 15 is 0 Å². The number of nitrogens with zero attached hydrogens (tertiary/aromatic N) is 1. The maximum absolute atomic E-state index is 11.7. The average Bonchev–Trinajstić information content (AvgIpc) is 2.59. The quantitative estimate of drug-likeness (QED) is 0.304. The molecule has 0 aliphatic rings. The number of benzene rings is 1. The maximum Gasteiger partial charge on any atom is 0.311 e. The third-order valence-electron chi connectivity index (χ3n) is 3.04. The number of carbonyl (C=O) groups is 1. The van der Waals surface area contributed by atoms with Gasteiger partial charge in [-0.15, -0.1) is 0 Å². The molecule has 1 aromatic rings. The van der Waals surface area contributed by atoms with Gasteiger partial charge in [-0.2, -0.15) is 0 Å². The van der Waals surface area contributed by atoms with Crippen molar-refractivity contribution in [2.24, 2.45) is 0 Å². The second-order valence-electron chi connectivity index (χ2n) is 4.81. The van der Waals surface area contributed by atoms with Crippen molar-refractivity contribution in [3.63, 3.8) is 0 Å². The molecule has 0 spiro atoms. The van der Waals surface area contributed by atoms with Crippen molar-refractivity contribution in [3.8, 4) is 5.75 Å². The first kappa shape index (κ1) is 19.6. The summed E-state index contributed by atoms with van der Waals surface area (Å²) in [4.78, 5) is 22.3. The van der Waals surface area contributed by atoms with Crippen molar-refractivity contribution in [2.45, 2.75) is 19.6 Å². The molecule has 0 heterocycles. The third kappa shape index (κ3) is 6.35. The van der Waals surface area contributed by atoms with Gasteiger partial charge >= 0.3 is 5.69 Å². The molecular formula is C16H22N2O6. The van der Waals surface area contributed by atoms with E-state index in [9.17, 15) is 14.9 Å². The summed E-state index contributed by atoms with van der Waals surface area (Å²) < 4.78 is 15.2. The van der Waals surface area contributed by atoms with Crippen LogP contribution < -0.4 is 10.1 Å². The van der Waals surface area contributed by atoms with E-state index in [4.69, 9.17) is 14.2 Å². The number of hydrogen-bond donors (Lipinski definition) is 1. The molecular weight excluding hydrogens is 316 g/mol. The summed E-state index contributed by atoms with van der Waals surface area (Å²) >= 11 is 0. The molecule has 8 heteroatoms. The summed E-state index contributed by atoms with van der Waals surface area (Å²) in [6.07, 6.45) is 3.00. The lowest BCUT2D eigenvalue weighted by molar-refractivity contribution is -0.385. The van der Waals surface area contributed by atoms with Crippen LogP contribution in [0.15, 0.2) is 24.3 Å². The van der Waals surface area contributed by atoms with E-state index in [1.807, 2.05) is 6.92 Å². The Bertz CT molecular complexity index is 584. The molecule has 0 aliphatic heterocycles. The van der Waals surface area contributed by atoms with Gasteiger partial charge in [0.25, 0.3) is 0 Å². The first-order valence-electron chi connectivity index (χ1n) is 7.44. The average molecular weight is 338 g/mol. The Morgan fingerprint density at radius 3 is 2.67 bits per heavy atom. The van der Waals surface area contributed by atoms with Gasteiger partial charge in [-0.25, -0.2) is 0 Å². The summed E-state index contributed by atoms with van der Waals surface area (Å²) in [6.45, 7) is 2.51. The molecule has 8 nitrogen and oxygen atoms in total. The van der Waals surface area contributed by atoms with Crippen molar-refractivity contribution in [1.29, 1.82) is 0 Å². The lowest BCUT2D eigenvalue weighted by atomic mass is 10.1. The fourth-order valence-corrected chi connectivity index (χ4v) is 1.79. The summed E-state index contributed by atoms with van der Waals surface area (Å²) in [6, 6.07) is 4.54. The van der Waals surface area contributed by atoms with Gasteiger partial charge in [0.15, 0.2) is 12.0 Å². The number of nitro benzene ring substituents is 1. The maximum atomic E-state index is 11.7. The molecule has 0 atom stereocenters. The molecule has 1 rings (SSSR count). The van der Waals surface area contributed by atoms with E-state index in [2.05, 4.69) is 5.32 Å². The minimum Gasteiger partial charge on any atom is -0.487 e. The SMILES string of the molecule is CCCOc1ccc(/C=C/C(=O)NCC(OC)OC)cc1[N+](=O)[O-]. The largest absolute Gasteiger partial charge is 0.487 e. The van der Waals surface area contributed by atoms with E-state index < -0.39 is 11.2 Å². The highest BCUT2D eigenvalue weighted by atomic mass is 16.7. The highest BCUT2D eigenvalue weighted by molar-refractivity contribution is 5.91. The van der Waals surface area contributed by atoms with Crippen LogP contribution in [0.3, 0.4) is 0 Å². The predicted molar refractivity (Wildman–Crippen MR) is 88.7 cm³/mol. The van der Waals surface area contributed by atoms with E-state index in [1.165, 1.54) is 38.5 Å². The number of carbonyl (C=O) groups excluding carboxylic acids is 1. The van der Waals surface area contributed by atoms with Gasteiger partial charge in [0, 0.05) is 26.4 Å². The molecule has 0 bridgehead atoms. The number of nitrogens with one attached hydrogen (secondary N) is 1. The normalized spacial score (nSPS) is 11.0. The second kappa shape index (κ2) is 10.3. The molecule has 0 fully saturated rings. The molecule has 0 radical (unpaired) electrons. The molecule has 0 saturated heterocycles. The van der Waals surface area contributed by atoms with Crippen molar-refractivity contribution >= 4 is 17.7 Å². The number of ether oxygens (including phenoxy) is 3. The van der Waals surface area contributed by atoms with Crippen molar-refractivity contribution in [2.75, 3.05) is 27.4 Å². The zero-order valence-electron chi connectivity index (χ0n) is 14.0. The van der Waals surface area contributed by atoms with Crippen molar-refractivity contribution in [1.82, 2.24) is 5.32 Å². The minimum atomic E-state index is -0.529. The standard InChI is InChI=1S/C16H22N2O6/c1-4-9-24-14-7-5-12(10-13(14)18(20)21)6-8-15(19)17-11-16(22-2)23-3/h5-8,10,16H,4,9,11H2,1-3H3,(H,17,19)/b8-6+. The van der Waals surface area contributed by atoms with Gasteiger partial charge in [-0.1, -0.05) is 13.0 Å². The Balaban J connectivity index is 2.74. The van der Waals surface area contributed by atoms with Crippen LogP contribution in [0.1, 0.15) is 18.9 Å². The lowest BCUT2D eigenvalue weighted by Gasteiger charge is -2.12. The minimum absolute atomic E-state index is 0.134. The fourth-order valence-electron chi connectivity index (χ4n) is 1.79. The zero-order valence-corrected chi connectivity index (χ0v) is 14.0. The molecule has 132 valence electrons. The lowest BCUT2D eigenvalue weighted by Crippen LogP contribution is -2.33. The highest BCUT2D eigenvalue weighted by Gasteiger charge is 2.15. The number of nitro groups is 1. The number of amides is 1. The molecule has 0 aliphatic carbocycles. The molecule has 1 amide bonds. The predicted octanol–water partition coefficient (Wildman–Crippen LogP) is 2.13. The van der Waals surface area contributed by atoms with Gasteiger partial charge in [0.1, 0.15) is 0 Å². The van der Waals surface area contributed by atoms with Crippen LogP contribution in [-0.4, -0.2) is 44.5 Å². The van der Waals surface area contributed by atoms with Gasteiger partial charge in [0.2, 0.25) is 5.91 Å². The van der Waals surface area contributed by atoms with Crippen LogP contribution in [0.5, 0.6) is 5.75 Å². The first-order valence-corrected chi connectivity index (χ1v) is 7.44. The number of rotatable bonds is 10. The molecule has 0 saturated carbocycles. The van der Waals surface area contributed by atoms with E-state index in [1.54, 1.807) is 6.07 Å². The Morgan fingerprint density at radius 2 is 2.08 bits per heavy atom. The van der Waals surface area contributed by atoms with E-state index in [-0.39, 0.29) is 23.9 Å². The van der Waals surface area contributed by atoms with Gasteiger partial charge in [-0.05, 0) is 24.1 Å². The van der Waals surface area contributed by atoms with Crippen LogP contribution >= 0.6 is 0 Å². The van der Waals surface area contributed by atoms with Crippen LogP contribution in [-0.2, 0) is 14.3 Å². The summed E-state index contributed by atoms with van der Waals surface area (Å²) in [5, 5.41) is 13.7. The summed E-state index contributed by atoms with van der Waals surface area (Å²) in [7, 11) is 2.94. The Morgan fingerprint density at radius 1 is 1.38 bits per heavy atom. The van der Waals surface area contributed by atoms with Gasteiger partial charge in [-0.3, -0.25) is 14.9 Å². The number of methoxy groups -OCH3 is 2. The fraction of sp³-hybridized carbons (Fsp3) is 0.438. The summed E-state index contributed by atoms with van der Waals surface area (Å²) in [5.74, 6) is -0.144.